The second-order valence-corrected chi connectivity index (χ2v) is 3.58. The first-order valence-corrected chi connectivity index (χ1v) is 5.28. The summed E-state index contributed by atoms with van der Waals surface area (Å²) in [5, 5.41) is 4.61. The van der Waals surface area contributed by atoms with Gasteiger partial charge in [0.15, 0.2) is 5.13 Å². The fourth-order valence-corrected chi connectivity index (χ4v) is 1.61. The number of nitrogens with one attached hydrogen (secondary N) is 1. The molecule has 0 aliphatic carbocycles. The molecule has 1 aromatic heterocycles. The van der Waals surface area contributed by atoms with E-state index in [2.05, 4.69) is 26.9 Å². The average Bonchev–Trinajstić information content (AvgIpc) is 2.65. The maximum absolute atomic E-state index is 11.1. The normalized spacial score (nSPS) is 8.88. The molecule has 1 rings (SSSR count). The van der Waals surface area contributed by atoms with E-state index < -0.39 is 5.91 Å². The summed E-state index contributed by atoms with van der Waals surface area (Å²) in [5.41, 5.74) is 0.566. The van der Waals surface area contributed by atoms with E-state index >= 15 is 0 Å². The van der Waals surface area contributed by atoms with Gasteiger partial charge in [0.2, 0.25) is 0 Å². The van der Waals surface area contributed by atoms with E-state index in [4.69, 9.17) is 0 Å². The van der Waals surface area contributed by atoms with Crippen LogP contribution in [0.25, 0.3) is 0 Å². The number of anilines is 1. The minimum atomic E-state index is -0.415. The molecule has 1 aromatic rings. The molecule has 0 spiro atoms. The molecule has 1 heterocycles. The van der Waals surface area contributed by atoms with Gasteiger partial charge in [0.1, 0.15) is 0 Å². The van der Waals surface area contributed by atoms with Crippen molar-refractivity contribution in [2.75, 3.05) is 12.4 Å². The van der Waals surface area contributed by atoms with Crippen molar-refractivity contribution in [1.29, 1.82) is 0 Å². The van der Waals surface area contributed by atoms with Gasteiger partial charge in [0.25, 0.3) is 0 Å². The maximum Gasteiger partial charge on any atom is 0.311 e. The lowest BCUT2D eigenvalue weighted by Gasteiger charge is -1.95. The SMILES string of the molecule is CC#CC(=O)Nc1nc(CC(=O)OC)cs1. The smallest absolute Gasteiger partial charge is 0.311 e. The van der Waals surface area contributed by atoms with Crippen LogP contribution in [0.1, 0.15) is 12.6 Å². The van der Waals surface area contributed by atoms with Gasteiger partial charge in [0, 0.05) is 5.38 Å². The summed E-state index contributed by atoms with van der Waals surface area (Å²) in [6, 6.07) is 0. The lowest BCUT2D eigenvalue weighted by molar-refractivity contribution is -0.139. The van der Waals surface area contributed by atoms with Crippen LogP contribution in [0.3, 0.4) is 0 Å². The molecule has 84 valence electrons. The van der Waals surface area contributed by atoms with Crippen LogP contribution in [0.5, 0.6) is 0 Å². The minimum Gasteiger partial charge on any atom is -0.469 e. The lowest BCUT2D eigenvalue weighted by atomic mass is 10.3. The van der Waals surface area contributed by atoms with Crippen LogP contribution in [-0.4, -0.2) is 24.0 Å². The standard InChI is InChI=1S/C10H10N2O3S/c1-3-4-8(13)12-10-11-7(6-16-10)5-9(14)15-2/h6H,5H2,1-2H3,(H,11,12,13). The number of carbonyl (C=O) groups is 2. The van der Waals surface area contributed by atoms with Gasteiger partial charge in [-0.3, -0.25) is 14.9 Å². The Kier molecular flexibility index (Phi) is 4.48. The Morgan fingerprint density at radius 1 is 1.62 bits per heavy atom. The monoisotopic (exact) mass is 238 g/mol. The third kappa shape index (κ3) is 3.71. The number of carbonyl (C=O) groups excluding carboxylic acids is 2. The zero-order valence-corrected chi connectivity index (χ0v) is 9.68. The van der Waals surface area contributed by atoms with Gasteiger partial charge >= 0.3 is 11.9 Å². The minimum absolute atomic E-state index is 0.0995. The Morgan fingerprint density at radius 2 is 2.38 bits per heavy atom. The van der Waals surface area contributed by atoms with Gasteiger partial charge < -0.3 is 4.74 Å². The number of thiazole rings is 1. The molecule has 0 radical (unpaired) electrons. The molecule has 0 aliphatic rings. The van der Waals surface area contributed by atoms with Crippen molar-refractivity contribution in [3.63, 3.8) is 0 Å². The fourth-order valence-electron chi connectivity index (χ4n) is 0.908. The molecule has 0 saturated carbocycles. The van der Waals surface area contributed by atoms with E-state index in [1.807, 2.05) is 0 Å². The summed E-state index contributed by atoms with van der Waals surface area (Å²) >= 11 is 1.24. The van der Waals surface area contributed by atoms with Gasteiger partial charge in [-0.2, -0.15) is 0 Å². The number of amides is 1. The molecule has 0 fully saturated rings. The van der Waals surface area contributed by atoms with E-state index in [1.165, 1.54) is 18.4 Å². The molecular formula is C10H10N2O3S. The van der Waals surface area contributed by atoms with Crippen LogP contribution in [0.2, 0.25) is 0 Å². The van der Waals surface area contributed by atoms with Gasteiger partial charge in [-0.25, -0.2) is 4.98 Å². The predicted octanol–water partition coefficient (Wildman–Crippen LogP) is 0.820. The molecule has 1 amide bonds. The highest BCUT2D eigenvalue weighted by Gasteiger charge is 2.08. The van der Waals surface area contributed by atoms with Crippen molar-refractivity contribution in [1.82, 2.24) is 4.98 Å². The Labute approximate surface area is 96.8 Å². The van der Waals surface area contributed by atoms with Crippen molar-refractivity contribution in [2.24, 2.45) is 0 Å². The lowest BCUT2D eigenvalue weighted by Crippen LogP contribution is -2.09. The van der Waals surface area contributed by atoms with Crippen LogP contribution >= 0.6 is 11.3 Å². The Morgan fingerprint density at radius 3 is 3.00 bits per heavy atom. The molecule has 5 nitrogen and oxygen atoms in total. The van der Waals surface area contributed by atoms with Crippen molar-refractivity contribution in [3.8, 4) is 11.8 Å². The molecule has 6 heteroatoms. The first-order chi connectivity index (χ1) is 7.65. The van der Waals surface area contributed by atoms with Crippen molar-refractivity contribution >= 4 is 28.3 Å². The molecular weight excluding hydrogens is 228 g/mol. The number of hydrogen-bond donors (Lipinski definition) is 1. The zero-order valence-electron chi connectivity index (χ0n) is 8.86. The van der Waals surface area contributed by atoms with E-state index in [-0.39, 0.29) is 12.4 Å². The van der Waals surface area contributed by atoms with Gasteiger partial charge in [-0.1, -0.05) is 5.92 Å². The van der Waals surface area contributed by atoms with E-state index in [1.54, 1.807) is 12.3 Å². The summed E-state index contributed by atoms with van der Waals surface area (Å²) in [4.78, 5) is 26.1. The molecule has 0 aliphatic heterocycles. The average molecular weight is 238 g/mol. The van der Waals surface area contributed by atoms with Gasteiger partial charge in [-0.05, 0) is 12.8 Å². The molecule has 0 saturated heterocycles. The molecule has 1 N–H and O–H groups in total. The van der Waals surface area contributed by atoms with E-state index in [0.29, 0.717) is 10.8 Å². The van der Waals surface area contributed by atoms with Crippen molar-refractivity contribution in [2.45, 2.75) is 13.3 Å². The summed E-state index contributed by atoms with van der Waals surface area (Å²) in [5.74, 6) is 4.03. The first kappa shape index (κ1) is 12.2. The Hall–Kier alpha value is -1.87. The number of hydrogen-bond acceptors (Lipinski definition) is 5. The Balaban J connectivity index is 2.60. The molecule has 0 bridgehead atoms. The third-order valence-electron chi connectivity index (χ3n) is 1.56. The highest BCUT2D eigenvalue weighted by molar-refractivity contribution is 7.14. The van der Waals surface area contributed by atoms with Gasteiger partial charge in [0.05, 0.1) is 19.2 Å². The first-order valence-electron chi connectivity index (χ1n) is 4.40. The van der Waals surface area contributed by atoms with Crippen LogP contribution < -0.4 is 5.32 Å². The largest absolute Gasteiger partial charge is 0.469 e. The van der Waals surface area contributed by atoms with Crippen LogP contribution in [-0.2, 0) is 20.7 Å². The summed E-state index contributed by atoms with van der Waals surface area (Å²) < 4.78 is 4.50. The van der Waals surface area contributed by atoms with Crippen LogP contribution in [0, 0.1) is 11.8 Å². The van der Waals surface area contributed by atoms with E-state index in [9.17, 15) is 9.59 Å². The van der Waals surface area contributed by atoms with Crippen molar-refractivity contribution < 1.29 is 14.3 Å². The second kappa shape index (κ2) is 5.88. The number of nitrogens with zero attached hydrogens (tertiary/aromatic N) is 1. The van der Waals surface area contributed by atoms with E-state index in [0.717, 1.165) is 0 Å². The number of rotatable bonds is 3. The quantitative estimate of drug-likeness (QED) is 0.625. The second-order valence-electron chi connectivity index (χ2n) is 2.73. The van der Waals surface area contributed by atoms with Crippen LogP contribution in [0.4, 0.5) is 5.13 Å². The summed E-state index contributed by atoms with van der Waals surface area (Å²) in [6.45, 7) is 1.57. The Bertz CT molecular complexity index is 456. The number of ether oxygens (including phenoxy) is 1. The number of methoxy groups -OCH3 is 1. The molecule has 0 atom stereocenters. The molecule has 0 unspecified atom stereocenters. The topological polar surface area (TPSA) is 68.3 Å². The maximum atomic E-state index is 11.1. The summed E-state index contributed by atoms with van der Waals surface area (Å²) in [7, 11) is 1.31. The number of aromatic nitrogens is 1. The third-order valence-corrected chi connectivity index (χ3v) is 2.37. The van der Waals surface area contributed by atoms with Crippen molar-refractivity contribution in [3.05, 3.63) is 11.1 Å². The number of esters is 1. The highest BCUT2D eigenvalue weighted by atomic mass is 32.1. The zero-order chi connectivity index (χ0) is 12.0. The van der Waals surface area contributed by atoms with Gasteiger partial charge in [-0.15, -0.1) is 11.3 Å². The van der Waals surface area contributed by atoms with Crippen LogP contribution in [0.15, 0.2) is 5.38 Å². The summed E-state index contributed by atoms with van der Waals surface area (Å²) in [6.07, 6.45) is 0.0995. The molecule has 0 aromatic carbocycles. The highest BCUT2D eigenvalue weighted by Crippen LogP contribution is 2.15. The predicted molar refractivity (Wildman–Crippen MR) is 59.9 cm³/mol. The fraction of sp³-hybridized carbons (Fsp3) is 0.300. The molecule has 16 heavy (non-hydrogen) atoms.